The van der Waals surface area contributed by atoms with Crippen LogP contribution >= 0.6 is 23.1 Å². The highest BCUT2D eigenvalue weighted by Gasteiger charge is 2.15. The summed E-state index contributed by atoms with van der Waals surface area (Å²) in [6.07, 6.45) is 0. The summed E-state index contributed by atoms with van der Waals surface area (Å²) in [5.74, 6) is -0.0949. The smallest absolute Gasteiger partial charge is 0.347 e. The largest absolute Gasteiger partial charge is 0.477 e. The number of rotatable bonds is 4. The number of aryl methyl sites for hydroxylation is 1. The van der Waals surface area contributed by atoms with Crippen molar-refractivity contribution in [3.05, 3.63) is 46.0 Å². The van der Waals surface area contributed by atoms with E-state index in [0.717, 1.165) is 10.1 Å². The summed E-state index contributed by atoms with van der Waals surface area (Å²) >= 11 is 2.83. The molecule has 0 aliphatic carbocycles. The van der Waals surface area contributed by atoms with Crippen LogP contribution in [0, 0.1) is 6.92 Å². The van der Waals surface area contributed by atoms with E-state index in [4.69, 9.17) is 5.11 Å². The normalized spacial score (nSPS) is 11.6. The van der Waals surface area contributed by atoms with Crippen molar-refractivity contribution in [3.63, 3.8) is 0 Å². The van der Waals surface area contributed by atoms with Crippen LogP contribution in [0.15, 0.2) is 28.6 Å². The minimum atomic E-state index is -0.897. The van der Waals surface area contributed by atoms with E-state index in [1.807, 2.05) is 0 Å². The first-order valence-electron chi connectivity index (χ1n) is 6.70. The molecule has 0 saturated heterocycles. The summed E-state index contributed by atoms with van der Waals surface area (Å²) in [5.41, 5.74) is 3.29. The Labute approximate surface area is 133 Å². The van der Waals surface area contributed by atoms with E-state index in [2.05, 4.69) is 50.0 Å². The average molecular weight is 321 g/mol. The number of carbonyl (C=O) groups is 1. The fourth-order valence-corrected chi connectivity index (χ4v) is 3.86. The third-order valence-electron chi connectivity index (χ3n) is 3.15. The molecule has 0 fully saturated rings. The summed E-state index contributed by atoms with van der Waals surface area (Å²) < 4.78 is 0.810. The molecule has 0 spiro atoms. The van der Waals surface area contributed by atoms with Gasteiger partial charge in [-0.2, -0.15) is 0 Å². The van der Waals surface area contributed by atoms with Gasteiger partial charge in [0.2, 0.25) is 0 Å². The van der Waals surface area contributed by atoms with Crippen molar-refractivity contribution in [1.82, 2.24) is 4.98 Å². The van der Waals surface area contributed by atoms with Gasteiger partial charge in [-0.15, -0.1) is 11.3 Å². The zero-order valence-electron chi connectivity index (χ0n) is 12.6. The predicted molar refractivity (Wildman–Crippen MR) is 88.5 cm³/mol. The Morgan fingerprint density at radius 2 is 1.90 bits per heavy atom. The maximum atomic E-state index is 11.0. The zero-order valence-corrected chi connectivity index (χ0v) is 14.3. The van der Waals surface area contributed by atoms with Gasteiger partial charge in [-0.25, -0.2) is 9.78 Å². The topological polar surface area (TPSA) is 50.2 Å². The van der Waals surface area contributed by atoms with E-state index >= 15 is 0 Å². The Balaban J connectivity index is 2.03. The van der Waals surface area contributed by atoms with Crippen molar-refractivity contribution in [2.45, 2.75) is 43.2 Å². The van der Waals surface area contributed by atoms with Gasteiger partial charge in [0.05, 0.1) is 5.69 Å². The lowest BCUT2D eigenvalue weighted by atomic mass is 9.87. The monoisotopic (exact) mass is 321 g/mol. The van der Waals surface area contributed by atoms with Crippen molar-refractivity contribution in [3.8, 4) is 0 Å². The van der Waals surface area contributed by atoms with Crippen LogP contribution in [-0.4, -0.2) is 16.1 Å². The number of thioether (sulfide) groups is 1. The summed E-state index contributed by atoms with van der Waals surface area (Å²) in [6, 6.07) is 8.58. The van der Waals surface area contributed by atoms with Gasteiger partial charge in [0.1, 0.15) is 4.88 Å². The molecule has 0 bridgehead atoms. The molecule has 2 aromatic rings. The molecule has 0 unspecified atom stereocenters. The first kappa shape index (κ1) is 16.0. The Morgan fingerprint density at radius 3 is 2.38 bits per heavy atom. The Kier molecular flexibility index (Phi) is 4.74. The maximum Gasteiger partial charge on any atom is 0.347 e. The Hall–Kier alpha value is -1.33. The van der Waals surface area contributed by atoms with Gasteiger partial charge in [-0.05, 0) is 23.5 Å². The first-order chi connectivity index (χ1) is 9.77. The van der Waals surface area contributed by atoms with Gasteiger partial charge in [-0.1, -0.05) is 56.8 Å². The first-order valence-corrected chi connectivity index (χ1v) is 8.50. The van der Waals surface area contributed by atoms with Crippen LogP contribution in [0.25, 0.3) is 0 Å². The van der Waals surface area contributed by atoms with E-state index in [1.54, 1.807) is 18.7 Å². The lowest BCUT2D eigenvalue weighted by molar-refractivity contribution is 0.0701. The molecule has 1 heterocycles. The molecule has 3 nitrogen and oxygen atoms in total. The van der Waals surface area contributed by atoms with Crippen molar-refractivity contribution in [2.75, 3.05) is 0 Å². The third-order valence-corrected chi connectivity index (χ3v) is 5.51. The van der Waals surface area contributed by atoms with E-state index in [0.29, 0.717) is 10.6 Å². The quantitative estimate of drug-likeness (QED) is 0.826. The molecular formula is C16H19NO2S2. The van der Waals surface area contributed by atoms with Gasteiger partial charge in [0.15, 0.2) is 4.34 Å². The molecule has 0 radical (unpaired) electrons. The molecule has 1 aromatic heterocycles. The lowest BCUT2D eigenvalue weighted by Gasteiger charge is -2.19. The number of hydrogen-bond donors (Lipinski definition) is 1. The number of carboxylic acid groups (broad SMARTS) is 1. The van der Waals surface area contributed by atoms with E-state index in [1.165, 1.54) is 22.5 Å². The summed E-state index contributed by atoms with van der Waals surface area (Å²) in [5, 5.41) is 9.03. The number of benzene rings is 1. The van der Waals surface area contributed by atoms with Crippen molar-refractivity contribution >= 4 is 29.1 Å². The zero-order chi connectivity index (χ0) is 15.6. The van der Waals surface area contributed by atoms with E-state index in [9.17, 15) is 4.79 Å². The molecule has 21 heavy (non-hydrogen) atoms. The Bertz CT molecular complexity index is 639. The molecule has 0 atom stereocenters. The van der Waals surface area contributed by atoms with Gasteiger partial charge in [-0.3, -0.25) is 0 Å². The molecule has 0 saturated carbocycles. The fourth-order valence-electron chi connectivity index (χ4n) is 1.88. The van der Waals surface area contributed by atoms with Gasteiger partial charge < -0.3 is 5.11 Å². The highest BCUT2D eigenvalue weighted by molar-refractivity contribution is 8.00. The number of aromatic carboxylic acids is 1. The van der Waals surface area contributed by atoms with Gasteiger partial charge in [0.25, 0.3) is 0 Å². The summed E-state index contributed by atoms with van der Waals surface area (Å²) in [7, 11) is 0. The second-order valence-corrected chi connectivity index (χ2v) is 8.16. The predicted octanol–water partition coefficient (Wildman–Crippen LogP) is 4.74. The number of nitrogens with zero attached hydrogens (tertiary/aromatic N) is 1. The van der Waals surface area contributed by atoms with Crippen LogP contribution in [-0.2, 0) is 11.2 Å². The molecule has 112 valence electrons. The number of aromatic nitrogens is 1. The number of hydrogen-bond acceptors (Lipinski definition) is 4. The van der Waals surface area contributed by atoms with Gasteiger partial charge in [0, 0.05) is 5.75 Å². The SMILES string of the molecule is Cc1nc(SCc2ccc(C(C)(C)C)cc2)sc1C(=O)O. The molecule has 0 aliphatic heterocycles. The van der Waals surface area contributed by atoms with Gasteiger partial charge >= 0.3 is 5.97 Å². The van der Waals surface area contributed by atoms with Crippen LogP contribution in [0.4, 0.5) is 0 Å². The highest BCUT2D eigenvalue weighted by Crippen LogP contribution is 2.30. The van der Waals surface area contributed by atoms with Crippen LogP contribution in [0.5, 0.6) is 0 Å². The molecule has 5 heteroatoms. The summed E-state index contributed by atoms with van der Waals surface area (Å²) in [4.78, 5) is 15.6. The summed E-state index contributed by atoms with van der Waals surface area (Å²) in [6.45, 7) is 8.33. The lowest BCUT2D eigenvalue weighted by Crippen LogP contribution is -2.10. The molecule has 2 rings (SSSR count). The average Bonchev–Trinajstić information content (AvgIpc) is 2.77. The number of carboxylic acids is 1. The number of thiazole rings is 1. The molecule has 0 aliphatic rings. The maximum absolute atomic E-state index is 11.0. The molecule has 1 N–H and O–H groups in total. The van der Waals surface area contributed by atoms with Crippen molar-refractivity contribution in [1.29, 1.82) is 0 Å². The fraction of sp³-hybridized carbons (Fsp3) is 0.375. The van der Waals surface area contributed by atoms with Crippen LogP contribution in [0.1, 0.15) is 47.3 Å². The minimum absolute atomic E-state index is 0.161. The minimum Gasteiger partial charge on any atom is -0.477 e. The standard InChI is InChI=1S/C16H19NO2S2/c1-10-13(14(18)19)21-15(17-10)20-9-11-5-7-12(8-6-11)16(2,3)4/h5-8H,9H2,1-4H3,(H,18,19). The van der Waals surface area contributed by atoms with Crippen LogP contribution in [0.3, 0.4) is 0 Å². The van der Waals surface area contributed by atoms with Crippen LogP contribution in [0.2, 0.25) is 0 Å². The molecule has 0 amide bonds. The second kappa shape index (κ2) is 6.20. The van der Waals surface area contributed by atoms with E-state index < -0.39 is 5.97 Å². The second-order valence-electron chi connectivity index (χ2n) is 5.94. The van der Waals surface area contributed by atoms with E-state index in [-0.39, 0.29) is 5.41 Å². The highest BCUT2D eigenvalue weighted by atomic mass is 32.2. The van der Waals surface area contributed by atoms with Crippen LogP contribution < -0.4 is 0 Å². The third kappa shape index (κ3) is 4.08. The Morgan fingerprint density at radius 1 is 1.29 bits per heavy atom. The van der Waals surface area contributed by atoms with Crippen molar-refractivity contribution in [2.24, 2.45) is 0 Å². The molecular weight excluding hydrogens is 302 g/mol. The molecule has 1 aromatic carbocycles. The van der Waals surface area contributed by atoms with Crippen molar-refractivity contribution < 1.29 is 9.90 Å².